The van der Waals surface area contributed by atoms with E-state index >= 15 is 0 Å². The molecule has 1 aromatic heterocycles. The van der Waals surface area contributed by atoms with Crippen LogP contribution in [0.5, 0.6) is 0 Å². The molecular weight excluding hydrogens is 254 g/mol. The van der Waals surface area contributed by atoms with Crippen LogP contribution in [0.25, 0.3) is 0 Å². The molecular formula is C15H17N3O2. The smallest absolute Gasteiger partial charge is 0.340 e. The summed E-state index contributed by atoms with van der Waals surface area (Å²) in [7, 11) is 1.88. The van der Waals surface area contributed by atoms with Crippen molar-refractivity contribution >= 4 is 23.2 Å². The van der Waals surface area contributed by atoms with Gasteiger partial charge >= 0.3 is 5.97 Å². The average molecular weight is 271 g/mol. The van der Waals surface area contributed by atoms with Crippen molar-refractivity contribution < 1.29 is 9.53 Å². The van der Waals surface area contributed by atoms with Crippen molar-refractivity contribution in [2.45, 2.75) is 6.92 Å². The van der Waals surface area contributed by atoms with Crippen LogP contribution in [0.15, 0.2) is 42.6 Å². The molecule has 1 aromatic carbocycles. The third-order valence-corrected chi connectivity index (χ3v) is 2.90. The third kappa shape index (κ3) is 2.88. The van der Waals surface area contributed by atoms with E-state index < -0.39 is 5.97 Å². The van der Waals surface area contributed by atoms with E-state index in [4.69, 9.17) is 10.5 Å². The molecule has 0 aliphatic heterocycles. The Bertz CT molecular complexity index is 599. The average Bonchev–Trinajstić information content (AvgIpc) is 2.48. The van der Waals surface area contributed by atoms with Crippen LogP contribution in [0, 0.1) is 0 Å². The molecule has 2 N–H and O–H groups in total. The van der Waals surface area contributed by atoms with Crippen LogP contribution in [-0.2, 0) is 4.74 Å². The van der Waals surface area contributed by atoms with Gasteiger partial charge in [0.05, 0.1) is 24.1 Å². The Morgan fingerprint density at radius 3 is 2.70 bits per heavy atom. The number of para-hydroxylation sites is 1. The van der Waals surface area contributed by atoms with E-state index in [0.29, 0.717) is 23.7 Å². The number of esters is 1. The van der Waals surface area contributed by atoms with Gasteiger partial charge in [-0.15, -0.1) is 0 Å². The minimum absolute atomic E-state index is 0.310. The number of hydrogen-bond donors (Lipinski definition) is 1. The van der Waals surface area contributed by atoms with Crippen molar-refractivity contribution in [2.75, 3.05) is 24.3 Å². The van der Waals surface area contributed by atoms with Crippen LogP contribution in [0.1, 0.15) is 17.3 Å². The van der Waals surface area contributed by atoms with Gasteiger partial charge in [-0.2, -0.15) is 0 Å². The minimum Gasteiger partial charge on any atom is -0.462 e. The fourth-order valence-electron chi connectivity index (χ4n) is 1.81. The van der Waals surface area contributed by atoms with E-state index in [1.807, 2.05) is 42.3 Å². The molecule has 2 rings (SSSR count). The van der Waals surface area contributed by atoms with Gasteiger partial charge < -0.3 is 15.4 Å². The zero-order valence-corrected chi connectivity index (χ0v) is 11.5. The molecule has 0 fully saturated rings. The second kappa shape index (κ2) is 6.06. The van der Waals surface area contributed by atoms with Crippen LogP contribution in [0.4, 0.5) is 17.2 Å². The highest BCUT2D eigenvalue weighted by atomic mass is 16.5. The summed E-state index contributed by atoms with van der Waals surface area (Å²) >= 11 is 0. The molecule has 2 aromatic rings. The first-order valence-electron chi connectivity index (χ1n) is 6.35. The maximum atomic E-state index is 11.8. The predicted octanol–water partition coefficient (Wildman–Crippen LogP) is 2.61. The number of carbonyl (C=O) groups excluding carboxylic acids is 1. The van der Waals surface area contributed by atoms with Crippen LogP contribution in [0.3, 0.4) is 0 Å². The van der Waals surface area contributed by atoms with Gasteiger partial charge in [0.25, 0.3) is 0 Å². The summed E-state index contributed by atoms with van der Waals surface area (Å²) in [6, 6.07) is 11.4. The molecule has 0 spiro atoms. The number of carbonyl (C=O) groups is 1. The van der Waals surface area contributed by atoms with Crippen LogP contribution in [0.2, 0.25) is 0 Å². The maximum Gasteiger partial charge on any atom is 0.340 e. The largest absolute Gasteiger partial charge is 0.462 e. The Morgan fingerprint density at radius 2 is 2.05 bits per heavy atom. The first kappa shape index (κ1) is 13.9. The molecule has 104 valence electrons. The Labute approximate surface area is 118 Å². The van der Waals surface area contributed by atoms with E-state index in [1.165, 1.54) is 6.20 Å². The summed E-state index contributed by atoms with van der Waals surface area (Å²) in [5, 5.41) is 0. The Balaban J connectivity index is 2.34. The number of nitrogens with zero attached hydrogens (tertiary/aromatic N) is 2. The summed E-state index contributed by atoms with van der Waals surface area (Å²) in [6.45, 7) is 2.07. The number of hydrogen-bond acceptors (Lipinski definition) is 5. The van der Waals surface area contributed by atoms with Gasteiger partial charge in [-0.3, -0.25) is 0 Å². The van der Waals surface area contributed by atoms with Crippen LogP contribution < -0.4 is 10.6 Å². The zero-order chi connectivity index (χ0) is 14.5. The lowest BCUT2D eigenvalue weighted by atomic mass is 10.2. The van der Waals surface area contributed by atoms with Gasteiger partial charge in [0, 0.05) is 12.7 Å². The molecule has 0 aliphatic rings. The van der Waals surface area contributed by atoms with Gasteiger partial charge in [0.15, 0.2) is 0 Å². The second-order valence-electron chi connectivity index (χ2n) is 4.24. The number of anilines is 3. The van der Waals surface area contributed by atoms with E-state index in [2.05, 4.69) is 4.98 Å². The molecule has 0 radical (unpaired) electrons. The monoisotopic (exact) mass is 271 g/mol. The zero-order valence-electron chi connectivity index (χ0n) is 11.5. The van der Waals surface area contributed by atoms with Gasteiger partial charge in [-0.05, 0) is 25.1 Å². The van der Waals surface area contributed by atoms with Crippen molar-refractivity contribution in [3.05, 3.63) is 48.2 Å². The van der Waals surface area contributed by atoms with Crippen molar-refractivity contribution in [3.8, 4) is 0 Å². The molecule has 0 bridgehead atoms. The minimum atomic E-state index is -0.435. The number of nitrogen functional groups attached to an aromatic ring is 1. The molecule has 20 heavy (non-hydrogen) atoms. The normalized spacial score (nSPS) is 10.1. The lowest BCUT2D eigenvalue weighted by Crippen LogP contribution is -2.14. The van der Waals surface area contributed by atoms with Gasteiger partial charge in [-0.1, -0.05) is 18.2 Å². The summed E-state index contributed by atoms with van der Waals surface area (Å²) in [6.07, 6.45) is 1.47. The van der Waals surface area contributed by atoms with E-state index in [9.17, 15) is 4.79 Å². The lowest BCUT2D eigenvalue weighted by Gasteiger charge is -2.19. The molecule has 0 amide bonds. The van der Waals surface area contributed by atoms with Crippen molar-refractivity contribution in [2.24, 2.45) is 0 Å². The van der Waals surface area contributed by atoms with Crippen molar-refractivity contribution in [1.29, 1.82) is 0 Å². The van der Waals surface area contributed by atoms with Gasteiger partial charge in [0.2, 0.25) is 0 Å². The first-order valence-corrected chi connectivity index (χ1v) is 6.35. The molecule has 1 heterocycles. The molecule has 0 unspecified atom stereocenters. The number of pyridine rings is 1. The highest BCUT2D eigenvalue weighted by molar-refractivity contribution is 5.95. The maximum absolute atomic E-state index is 11.8. The molecule has 0 atom stereocenters. The molecule has 0 saturated carbocycles. The molecule has 5 heteroatoms. The third-order valence-electron chi connectivity index (χ3n) is 2.90. The van der Waals surface area contributed by atoms with Crippen LogP contribution in [-0.4, -0.2) is 24.6 Å². The number of ether oxygens (including phenoxy) is 1. The molecule has 5 nitrogen and oxygen atoms in total. The lowest BCUT2D eigenvalue weighted by molar-refractivity contribution is 0.0527. The summed E-state index contributed by atoms with van der Waals surface area (Å²) < 4.78 is 4.98. The van der Waals surface area contributed by atoms with Gasteiger partial charge in [-0.25, -0.2) is 9.78 Å². The van der Waals surface area contributed by atoms with Gasteiger partial charge in [0.1, 0.15) is 5.82 Å². The Kier molecular flexibility index (Phi) is 4.20. The quantitative estimate of drug-likeness (QED) is 0.866. The highest BCUT2D eigenvalue weighted by Gasteiger charge is 2.14. The Morgan fingerprint density at radius 1 is 1.35 bits per heavy atom. The molecule has 0 aliphatic carbocycles. The predicted molar refractivity (Wildman–Crippen MR) is 79.1 cm³/mol. The topological polar surface area (TPSA) is 68.5 Å². The van der Waals surface area contributed by atoms with Crippen LogP contribution >= 0.6 is 0 Å². The van der Waals surface area contributed by atoms with E-state index in [0.717, 1.165) is 5.69 Å². The van der Waals surface area contributed by atoms with E-state index in [1.54, 1.807) is 13.0 Å². The highest BCUT2D eigenvalue weighted by Crippen LogP contribution is 2.24. The van der Waals surface area contributed by atoms with Crippen molar-refractivity contribution in [3.63, 3.8) is 0 Å². The number of rotatable bonds is 4. The summed E-state index contributed by atoms with van der Waals surface area (Å²) in [5.74, 6) is 0.198. The number of nitrogens with two attached hydrogens (primary N) is 1. The Hall–Kier alpha value is -2.56. The number of aromatic nitrogens is 1. The SMILES string of the molecule is CCOC(=O)c1cc(N(C)c2ccccc2)ncc1N. The fourth-order valence-corrected chi connectivity index (χ4v) is 1.81. The standard InChI is InChI=1S/C15H17N3O2/c1-3-20-15(19)12-9-14(17-10-13(12)16)18(2)11-7-5-4-6-8-11/h4-10H,3,16H2,1-2H3. The number of benzene rings is 1. The first-order chi connectivity index (χ1) is 9.63. The fraction of sp³-hybridized carbons (Fsp3) is 0.200. The summed E-state index contributed by atoms with van der Waals surface area (Å²) in [4.78, 5) is 18.0. The van der Waals surface area contributed by atoms with Crippen molar-refractivity contribution in [1.82, 2.24) is 4.98 Å². The van der Waals surface area contributed by atoms with E-state index in [-0.39, 0.29) is 0 Å². The summed E-state index contributed by atoms with van der Waals surface area (Å²) in [5.41, 5.74) is 7.40. The second-order valence-corrected chi connectivity index (χ2v) is 4.24. The molecule has 0 saturated heterocycles.